The minimum absolute atomic E-state index is 0.310. The molecule has 0 unspecified atom stereocenters. The Morgan fingerprint density at radius 2 is 1.62 bits per heavy atom. The summed E-state index contributed by atoms with van der Waals surface area (Å²) in [5.74, 6) is -0.396. The Kier molecular flexibility index (Phi) is 3.99. The van der Waals surface area contributed by atoms with Crippen LogP contribution < -0.4 is 0 Å². The van der Waals surface area contributed by atoms with E-state index in [-0.39, 0.29) is 0 Å². The van der Waals surface area contributed by atoms with Crippen LogP contribution in [0.25, 0.3) is 33.2 Å². The smallest absolute Gasteiger partial charge is 0.340 e. The third-order valence-electron chi connectivity index (χ3n) is 3.50. The van der Waals surface area contributed by atoms with E-state index < -0.39 is 5.97 Å². The van der Waals surface area contributed by atoms with Gasteiger partial charge in [0.2, 0.25) is 0 Å². The van der Waals surface area contributed by atoms with Crippen LogP contribution in [0.3, 0.4) is 0 Å². The van der Waals surface area contributed by atoms with Gasteiger partial charge in [0.25, 0.3) is 0 Å². The van der Waals surface area contributed by atoms with Gasteiger partial charge in [-0.25, -0.2) is 4.79 Å². The van der Waals surface area contributed by atoms with Crippen LogP contribution in [-0.2, 0) is 4.74 Å². The van der Waals surface area contributed by atoms with E-state index >= 15 is 0 Å². The zero-order valence-corrected chi connectivity index (χ0v) is 15.5. The van der Waals surface area contributed by atoms with E-state index in [2.05, 4.69) is 33.4 Å². The number of nitrogens with zero attached hydrogens (tertiary/aromatic N) is 4. The van der Waals surface area contributed by atoms with Crippen molar-refractivity contribution < 1.29 is 9.53 Å². The first-order valence-electron chi connectivity index (χ1n) is 7.03. The van der Waals surface area contributed by atoms with Crippen LogP contribution in [-0.4, -0.2) is 30.1 Å². The molecule has 120 valence electrons. The molecule has 0 saturated heterocycles. The molecule has 0 aliphatic carbocycles. The maximum Gasteiger partial charge on any atom is 0.340 e. The molecule has 0 aliphatic heterocycles. The fraction of sp³-hybridized carbons (Fsp3) is 0.133. The Morgan fingerprint density at radius 1 is 1.00 bits per heavy atom. The second kappa shape index (κ2) is 6.15. The highest BCUT2D eigenvalue weighted by molar-refractivity contribution is 9.10. The number of hydrogen-bond donors (Lipinski definition) is 0. The van der Waals surface area contributed by atoms with Gasteiger partial charge in [0.15, 0.2) is 0 Å². The Morgan fingerprint density at radius 3 is 2.33 bits per heavy atom. The van der Waals surface area contributed by atoms with Crippen molar-refractivity contribution in [3.05, 3.63) is 34.3 Å². The summed E-state index contributed by atoms with van der Waals surface area (Å²) in [4.78, 5) is 12.3. The van der Waals surface area contributed by atoms with Crippen LogP contribution in [0.5, 0.6) is 0 Å². The molecule has 0 atom stereocenters. The van der Waals surface area contributed by atoms with Gasteiger partial charge in [-0.1, -0.05) is 0 Å². The minimum Gasteiger partial charge on any atom is -0.462 e. The number of rotatable bonds is 3. The van der Waals surface area contributed by atoms with Crippen molar-refractivity contribution >= 4 is 67.4 Å². The minimum atomic E-state index is -0.396. The summed E-state index contributed by atoms with van der Waals surface area (Å²) in [6.07, 6.45) is 0. The highest BCUT2D eigenvalue weighted by atomic mass is 79.9. The summed E-state index contributed by atoms with van der Waals surface area (Å²) in [6.45, 7) is 2.09. The summed E-state index contributed by atoms with van der Waals surface area (Å²) in [5, 5.41) is 0. The van der Waals surface area contributed by atoms with E-state index in [1.165, 1.54) is 0 Å². The van der Waals surface area contributed by atoms with Crippen molar-refractivity contribution in [2.75, 3.05) is 6.61 Å². The lowest BCUT2D eigenvalue weighted by Crippen LogP contribution is -2.05. The van der Waals surface area contributed by atoms with E-state index in [9.17, 15) is 4.79 Å². The van der Waals surface area contributed by atoms with Crippen LogP contribution in [0, 0.1) is 0 Å². The normalized spacial score (nSPS) is 11.2. The Bertz CT molecular complexity index is 1080. The monoisotopic (exact) mass is 420 g/mol. The molecule has 2 aromatic carbocycles. The molecule has 6 nitrogen and oxygen atoms in total. The molecule has 0 bridgehead atoms. The molecule has 2 aromatic heterocycles. The SMILES string of the molecule is CCOC(=O)c1cc(-c2cc(Br)c3nsnc3c2)cc2nsnc12. The first-order valence-corrected chi connectivity index (χ1v) is 9.28. The van der Waals surface area contributed by atoms with Crippen LogP contribution in [0.4, 0.5) is 0 Å². The fourth-order valence-electron chi connectivity index (χ4n) is 2.44. The number of fused-ring (bicyclic) bond motifs is 2. The third-order valence-corrected chi connectivity index (χ3v) is 5.19. The summed E-state index contributed by atoms with van der Waals surface area (Å²) < 4.78 is 23.0. The topological polar surface area (TPSA) is 77.9 Å². The largest absolute Gasteiger partial charge is 0.462 e. The highest BCUT2D eigenvalue weighted by Gasteiger charge is 2.17. The average Bonchev–Trinajstić information content (AvgIpc) is 3.22. The third kappa shape index (κ3) is 2.58. The number of benzene rings is 2. The number of halogens is 1. The Balaban J connectivity index is 1.93. The molecular formula is C15H9BrN4O2S2. The van der Waals surface area contributed by atoms with Gasteiger partial charge in [0.1, 0.15) is 22.1 Å². The molecular weight excluding hydrogens is 412 g/mol. The van der Waals surface area contributed by atoms with Crippen LogP contribution in [0.15, 0.2) is 28.7 Å². The summed E-state index contributed by atoms with van der Waals surface area (Å²) >= 11 is 5.77. The highest BCUT2D eigenvalue weighted by Crippen LogP contribution is 2.32. The Hall–Kier alpha value is -1.97. The lowest BCUT2D eigenvalue weighted by molar-refractivity contribution is 0.0528. The number of carbonyl (C=O) groups is 1. The average molecular weight is 421 g/mol. The van der Waals surface area contributed by atoms with Gasteiger partial charge in [-0.2, -0.15) is 17.5 Å². The number of ether oxygens (including phenoxy) is 1. The van der Waals surface area contributed by atoms with E-state index in [1.807, 2.05) is 18.2 Å². The second-order valence-electron chi connectivity index (χ2n) is 4.97. The van der Waals surface area contributed by atoms with Crippen molar-refractivity contribution in [3.8, 4) is 11.1 Å². The lowest BCUT2D eigenvalue weighted by Gasteiger charge is -2.07. The number of esters is 1. The van der Waals surface area contributed by atoms with Crippen molar-refractivity contribution in [3.63, 3.8) is 0 Å². The van der Waals surface area contributed by atoms with E-state index in [0.29, 0.717) is 23.2 Å². The second-order valence-corrected chi connectivity index (χ2v) is 6.88. The van der Waals surface area contributed by atoms with Gasteiger partial charge in [0.05, 0.1) is 35.6 Å². The standard InChI is InChI=1S/C15H9BrN4O2S2/c1-2-22-15(21)9-3-7(5-11-13(9)19-23-17-11)8-4-10(16)14-12(6-8)18-24-20-14/h3-6H,2H2,1H3. The molecule has 24 heavy (non-hydrogen) atoms. The zero-order valence-electron chi connectivity index (χ0n) is 12.3. The molecule has 0 N–H and O–H groups in total. The van der Waals surface area contributed by atoms with Crippen molar-refractivity contribution in [2.45, 2.75) is 6.92 Å². The van der Waals surface area contributed by atoms with Crippen LogP contribution in [0.2, 0.25) is 0 Å². The molecule has 0 fully saturated rings. The molecule has 0 radical (unpaired) electrons. The maximum atomic E-state index is 12.3. The van der Waals surface area contributed by atoms with Gasteiger partial charge in [0, 0.05) is 4.47 Å². The first kappa shape index (κ1) is 15.6. The molecule has 0 saturated carbocycles. The van der Waals surface area contributed by atoms with Crippen LogP contribution >= 0.6 is 39.4 Å². The zero-order chi connectivity index (χ0) is 16.7. The quantitative estimate of drug-likeness (QED) is 0.459. The van der Waals surface area contributed by atoms with Gasteiger partial charge in [-0.3, -0.25) is 0 Å². The van der Waals surface area contributed by atoms with Gasteiger partial charge < -0.3 is 4.74 Å². The van der Waals surface area contributed by atoms with E-state index in [1.54, 1.807) is 13.0 Å². The predicted octanol–water partition coefficient (Wildman–Crippen LogP) is 4.30. The molecule has 4 rings (SSSR count). The first-order chi connectivity index (χ1) is 11.7. The molecule has 2 heterocycles. The van der Waals surface area contributed by atoms with Gasteiger partial charge in [-0.05, 0) is 58.2 Å². The van der Waals surface area contributed by atoms with Crippen molar-refractivity contribution in [1.82, 2.24) is 17.5 Å². The van der Waals surface area contributed by atoms with Crippen LogP contribution in [0.1, 0.15) is 17.3 Å². The molecule has 0 aliphatic rings. The molecule has 0 amide bonds. The Labute approximate surface area is 153 Å². The number of hydrogen-bond acceptors (Lipinski definition) is 8. The fourth-order valence-corrected chi connectivity index (χ4v) is 4.18. The molecule has 0 spiro atoms. The molecule has 9 heteroatoms. The van der Waals surface area contributed by atoms with Gasteiger partial charge >= 0.3 is 5.97 Å². The predicted molar refractivity (Wildman–Crippen MR) is 97.5 cm³/mol. The summed E-state index contributed by atoms with van der Waals surface area (Å²) in [6, 6.07) is 7.60. The summed E-state index contributed by atoms with van der Waals surface area (Å²) in [7, 11) is 0. The van der Waals surface area contributed by atoms with E-state index in [4.69, 9.17) is 4.74 Å². The van der Waals surface area contributed by atoms with Gasteiger partial charge in [-0.15, -0.1) is 0 Å². The lowest BCUT2D eigenvalue weighted by atomic mass is 10.0. The molecule has 4 aromatic rings. The number of carbonyl (C=O) groups excluding carboxylic acids is 1. The van der Waals surface area contributed by atoms with E-state index in [0.717, 1.165) is 50.1 Å². The summed E-state index contributed by atoms with van der Waals surface area (Å²) in [5.41, 5.74) is 5.07. The van der Waals surface area contributed by atoms with Crippen molar-refractivity contribution in [1.29, 1.82) is 0 Å². The van der Waals surface area contributed by atoms with Crippen molar-refractivity contribution in [2.24, 2.45) is 0 Å². The number of aromatic nitrogens is 4. The maximum absolute atomic E-state index is 12.3.